The molecule has 0 aromatic heterocycles. The molecule has 0 amide bonds. The highest BCUT2D eigenvalue weighted by atomic mass is 79.9. The van der Waals surface area contributed by atoms with Crippen molar-refractivity contribution in [3.8, 4) is 11.5 Å². The summed E-state index contributed by atoms with van der Waals surface area (Å²) in [6.45, 7) is 3.34. The van der Waals surface area contributed by atoms with Gasteiger partial charge >= 0.3 is 0 Å². The van der Waals surface area contributed by atoms with E-state index in [-0.39, 0.29) is 0 Å². The van der Waals surface area contributed by atoms with Crippen LogP contribution in [0.1, 0.15) is 38.2 Å². The van der Waals surface area contributed by atoms with Crippen LogP contribution in [0.25, 0.3) is 0 Å². The highest BCUT2D eigenvalue weighted by Crippen LogP contribution is 2.39. The minimum atomic E-state index is 0.649. The second kappa shape index (κ2) is 8.04. The average Bonchev–Trinajstić information content (AvgIpc) is 3.32. The van der Waals surface area contributed by atoms with E-state index >= 15 is 0 Å². The fraction of sp³-hybridized carbons (Fsp3) is 0.647. The SMILES string of the molecule is CCCNC(CCc1ccc(OC)c(Br)c1OC)C1CC1. The van der Waals surface area contributed by atoms with E-state index in [9.17, 15) is 0 Å². The predicted octanol–water partition coefficient (Wildman–Crippen LogP) is 4.18. The van der Waals surface area contributed by atoms with Crippen LogP contribution in [-0.4, -0.2) is 26.8 Å². The van der Waals surface area contributed by atoms with Crippen molar-refractivity contribution in [3.63, 3.8) is 0 Å². The zero-order chi connectivity index (χ0) is 15.2. The molecule has 0 heterocycles. The van der Waals surface area contributed by atoms with Crippen LogP contribution in [0.3, 0.4) is 0 Å². The first-order valence-electron chi connectivity index (χ1n) is 7.84. The summed E-state index contributed by atoms with van der Waals surface area (Å²) >= 11 is 3.58. The first-order valence-corrected chi connectivity index (χ1v) is 8.63. The average molecular weight is 356 g/mol. The Bertz CT molecular complexity index is 460. The zero-order valence-electron chi connectivity index (χ0n) is 13.2. The predicted molar refractivity (Wildman–Crippen MR) is 90.4 cm³/mol. The Balaban J connectivity index is 2.02. The standard InChI is InChI=1S/C17H26BrNO2/c1-4-11-19-14(12-5-6-12)9-7-13-8-10-15(20-2)16(18)17(13)21-3/h8,10,12,14,19H,4-7,9,11H2,1-3H3. The van der Waals surface area contributed by atoms with Crippen molar-refractivity contribution in [2.75, 3.05) is 20.8 Å². The molecule has 2 rings (SSSR count). The largest absolute Gasteiger partial charge is 0.495 e. The fourth-order valence-corrected chi connectivity index (χ4v) is 3.51. The second-order valence-electron chi connectivity index (χ2n) is 5.71. The highest BCUT2D eigenvalue weighted by molar-refractivity contribution is 9.10. The third-order valence-corrected chi connectivity index (χ3v) is 4.89. The number of methoxy groups -OCH3 is 2. The van der Waals surface area contributed by atoms with Gasteiger partial charge in [0.1, 0.15) is 16.0 Å². The normalized spacial score (nSPS) is 15.8. The smallest absolute Gasteiger partial charge is 0.139 e. The molecule has 1 aliphatic rings. The lowest BCUT2D eigenvalue weighted by molar-refractivity contribution is 0.382. The zero-order valence-corrected chi connectivity index (χ0v) is 14.8. The van der Waals surface area contributed by atoms with E-state index in [1.165, 1.54) is 31.2 Å². The van der Waals surface area contributed by atoms with Gasteiger partial charge in [-0.15, -0.1) is 0 Å². The Hall–Kier alpha value is -0.740. The lowest BCUT2D eigenvalue weighted by Gasteiger charge is -2.19. The second-order valence-corrected chi connectivity index (χ2v) is 6.50. The third kappa shape index (κ3) is 4.36. The van der Waals surface area contributed by atoms with Crippen molar-refractivity contribution < 1.29 is 9.47 Å². The molecule has 1 aliphatic carbocycles. The topological polar surface area (TPSA) is 30.5 Å². The van der Waals surface area contributed by atoms with E-state index in [1.807, 2.05) is 6.07 Å². The number of halogens is 1. The molecule has 1 unspecified atom stereocenters. The number of hydrogen-bond donors (Lipinski definition) is 1. The van der Waals surface area contributed by atoms with Gasteiger partial charge in [-0.3, -0.25) is 0 Å². The monoisotopic (exact) mass is 355 g/mol. The number of aryl methyl sites for hydroxylation is 1. The van der Waals surface area contributed by atoms with Gasteiger partial charge in [0.15, 0.2) is 0 Å². The lowest BCUT2D eigenvalue weighted by Crippen LogP contribution is -2.32. The number of hydrogen-bond acceptors (Lipinski definition) is 3. The molecular formula is C17H26BrNO2. The van der Waals surface area contributed by atoms with Crippen LogP contribution in [-0.2, 0) is 6.42 Å². The summed E-state index contributed by atoms with van der Waals surface area (Å²) in [6, 6.07) is 4.77. The van der Waals surface area contributed by atoms with E-state index in [1.54, 1.807) is 14.2 Å². The van der Waals surface area contributed by atoms with Crippen molar-refractivity contribution in [2.24, 2.45) is 5.92 Å². The molecule has 1 N–H and O–H groups in total. The summed E-state index contributed by atoms with van der Waals surface area (Å²) < 4.78 is 11.8. The number of nitrogens with one attached hydrogen (secondary N) is 1. The van der Waals surface area contributed by atoms with Crippen LogP contribution in [0, 0.1) is 5.92 Å². The van der Waals surface area contributed by atoms with Crippen molar-refractivity contribution in [2.45, 2.75) is 45.1 Å². The van der Waals surface area contributed by atoms with Gasteiger partial charge in [-0.25, -0.2) is 0 Å². The molecule has 0 aliphatic heterocycles. The van der Waals surface area contributed by atoms with Crippen LogP contribution in [0.4, 0.5) is 0 Å². The van der Waals surface area contributed by atoms with E-state index in [2.05, 4.69) is 34.2 Å². The van der Waals surface area contributed by atoms with Crippen LogP contribution in [0.15, 0.2) is 16.6 Å². The summed E-state index contributed by atoms with van der Waals surface area (Å²) in [5.74, 6) is 2.60. The maximum Gasteiger partial charge on any atom is 0.139 e. The molecule has 3 nitrogen and oxygen atoms in total. The van der Waals surface area contributed by atoms with Gasteiger partial charge in [0.2, 0.25) is 0 Å². The van der Waals surface area contributed by atoms with Crippen LogP contribution < -0.4 is 14.8 Å². The fourth-order valence-electron chi connectivity index (χ4n) is 2.80. The Morgan fingerprint density at radius 1 is 1.29 bits per heavy atom. The van der Waals surface area contributed by atoms with Crippen LogP contribution in [0.5, 0.6) is 11.5 Å². The molecule has 0 spiro atoms. The Morgan fingerprint density at radius 2 is 2.05 bits per heavy atom. The molecule has 1 saturated carbocycles. The molecule has 1 aromatic rings. The summed E-state index contributed by atoms with van der Waals surface area (Å²) in [4.78, 5) is 0. The molecule has 21 heavy (non-hydrogen) atoms. The molecule has 0 saturated heterocycles. The van der Waals surface area contributed by atoms with Crippen molar-refractivity contribution in [1.29, 1.82) is 0 Å². The summed E-state index contributed by atoms with van der Waals surface area (Å²) in [5, 5.41) is 3.70. The van der Waals surface area contributed by atoms with Gasteiger partial charge in [-0.05, 0) is 72.1 Å². The number of benzene rings is 1. The molecule has 1 fully saturated rings. The molecule has 1 aromatic carbocycles. The molecular weight excluding hydrogens is 330 g/mol. The van der Waals surface area contributed by atoms with Gasteiger partial charge < -0.3 is 14.8 Å². The summed E-state index contributed by atoms with van der Waals surface area (Å²) in [6.07, 6.45) is 6.15. The van der Waals surface area contributed by atoms with Gasteiger partial charge in [0.05, 0.1) is 14.2 Å². The van der Waals surface area contributed by atoms with E-state index in [4.69, 9.17) is 9.47 Å². The van der Waals surface area contributed by atoms with Gasteiger partial charge in [-0.2, -0.15) is 0 Å². The summed E-state index contributed by atoms with van der Waals surface area (Å²) in [7, 11) is 3.40. The first kappa shape index (κ1) is 16.6. The maximum absolute atomic E-state index is 5.56. The Kier molecular flexibility index (Phi) is 6.37. The van der Waals surface area contributed by atoms with Crippen LogP contribution in [0.2, 0.25) is 0 Å². The quantitative estimate of drug-likeness (QED) is 0.720. The van der Waals surface area contributed by atoms with E-state index < -0.39 is 0 Å². The van der Waals surface area contributed by atoms with Gasteiger partial charge in [0.25, 0.3) is 0 Å². The Labute approximate surface area is 136 Å². The molecule has 4 heteroatoms. The van der Waals surface area contributed by atoms with E-state index in [0.29, 0.717) is 6.04 Å². The lowest BCUT2D eigenvalue weighted by atomic mass is 10.0. The van der Waals surface area contributed by atoms with Crippen LogP contribution >= 0.6 is 15.9 Å². The van der Waals surface area contributed by atoms with E-state index in [0.717, 1.165) is 34.9 Å². The molecule has 0 bridgehead atoms. The minimum Gasteiger partial charge on any atom is -0.495 e. The van der Waals surface area contributed by atoms with Crippen molar-refractivity contribution in [3.05, 3.63) is 22.2 Å². The number of rotatable bonds is 9. The molecule has 1 atom stereocenters. The Morgan fingerprint density at radius 3 is 2.62 bits per heavy atom. The van der Waals surface area contributed by atoms with Crippen molar-refractivity contribution >= 4 is 15.9 Å². The van der Waals surface area contributed by atoms with Gasteiger partial charge in [0, 0.05) is 6.04 Å². The summed E-state index contributed by atoms with van der Waals surface area (Å²) in [5.41, 5.74) is 1.24. The minimum absolute atomic E-state index is 0.649. The molecule has 0 radical (unpaired) electrons. The number of ether oxygens (including phenoxy) is 2. The highest BCUT2D eigenvalue weighted by Gasteiger charge is 2.30. The molecule has 118 valence electrons. The van der Waals surface area contributed by atoms with Crippen molar-refractivity contribution in [1.82, 2.24) is 5.32 Å². The first-order chi connectivity index (χ1) is 10.2. The third-order valence-electron chi connectivity index (χ3n) is 4.14. The van der Waals surface area contributed by atoms with Gasteiger partial charge in [-0.1, -0.05) is 13.0 Å². The maximum atomic E-state index is 5.56.